The van der Waals surface area contributed by atoms with E-state index in [9.17, 15) is 14.4 Å². The number of carbonyl (C=O) groups is 3. The van der Waals surface area contributed by atoms with Gasteiger partial charge in [-0.25, -0.2) is 4.79 Å². The number of hydrogen-bond donors (Lipinski definition) is 2. The molecular weight excluding hydrogens is 436 g/mol. The van der Waals surface area contributed by atoms with Crippen LogP contribution >= 0.6 is 0 Å². The maximum absolute atomic E-state index is 12.9. The summed E-state index contributed by atoms with van der Waals surface area (Å²) in [5, 5.41) is 12.0. The molecule has 3 aliphatic rings. The van der Waals surface area contributed by atoms with Gasteiger partial charge < -0.3 is 24.8 Å². The van der Waals surface area contributed by atoms with Crippen LogP contribution in [0.3, 0.4) is 0 Å². The van der Waals surface area contributed by atoms with Crippen molar-refractivity contribution in [2.24, 2.45) is 11.8 Å². The minimum absolute atomic E-state index is 0.0374. The summed E-state index contributed by atoms with van der Waals surface area (Å²) in [5.41, 5.74) is 4.59. The Kier molecular flexibility index (Phi) is 6.00. The SMILES string of the molecule is CC(C(=O)O)C1CN(C(=O)[C@H]2OCC[C@H]2NC(=O)OCC2c3ccccc3-c3ccccc32)C1. The van der Waals surface area contributed by atoms with E-state index in [2.05, 4.69) is 29.6 Å². The van der Waals surface area contributed by atoms with E-state index < -0.39 is 30.1 Å². The topological polar surface area (TPSA) is 105 Å². The third-order valence-corrected chi connectivity index (χ3v) is 7.30. The number of ether oxygens (including phenoxy) is 2. The van der Waals surface area contributed by atoms with E-state index >= 15 is 0 Å². The Labute approximate surface area is 197 Å². The van der Waals surface area contributed by atoms with Crippen molar-refractivity contribution in [3.05, 3.63) is 59.7 Å². The summed E-state index contributed by atoms with van der Waals surface area (Å²) >= 11 is 0. The molecule has 1 unspecified atom stereocenters. The van der Waals surface area contributed by atoms with E-state index in [-0.39, 0.29) is 24.3 Å². The van der Waals surface area contributed by atoms with Crippen molar-refractivity contribution in [3.63, 3.8) is 0 Å². The molecule has 2 saturated heterocycles. The summed E-state index contributed by atoms with van der Waals surface area (Å²) < 4.78 is 11.2. The molecule has 178 valence electrons. The highest BCUT2D eigenvalue weighted by atomic mass is 16.6. The number of amides is 2. The molecule has 5 rings (SSSR count). The van der Waals surface area contributed by atoms with Gasteiger partial charge in [-0.2, -0.15) is 0 Å². The number of alkyl carbamates (subject to hydrolysis) is 1. The molecule has 34 heavy (non-hydrogen) atoms. The summed E-state index contributed by atoms with van der Waals surface area (Å²) in [4.78, 5) is 38.2. The van der Waals surface area contributed by atoms with Gasteiger partial charge in [0, 0.05) is 31.5 Å². The van der Waals surface area contributed by atoms with Crippen LogP contribution in [0.1, 0.15) is 30.4 Å². The molecule has 1 aliphatic carbocycles. The molecule has 0 radical (unpaired) electrons. The van der Waals surface area contributed by atoms with Gasteiger partial charge in [-0.1, -0.05) is 55.5 Å². The van der Waals surface area contributed by atoms with Gasteiger partial charge in [0.1, 0.15) is 6.61 Å². The van der Waals surface area contributed by atoms with Crippen molar-refractivity contribution in [2.45, 2.75) is 31.4 Å². The summed E-state index contributed by atoms with van der Waals surface area (Å²) in [5.74, 6) is -1.66. The average molecular weight is 465 g/mol. The second-order valence-electron chi connectivity index (χ2n) is 9.29. The number of carboxylic acid groups (broad SMARTS) is 1. The number of aliphatic carboxylic acids is 1. The standard InChI is InChI=1S/C26H28N2O6/c1-15(25(30)31)16-12-28(13-16)24(29)23-22(10-11-33-23)27-26(32)34-14-21-19-8-4-2-6-17(19)18-7-3-5-9-20(18)21/h2-9,15-16,21-23H,10-14H2,1H3,(H,27,32)(H,30,31)/t15?,22-,23+/m1/s1. The first kappa shape index (κ1) is 22.4. The van der Waals surface area contributed by atoms with E-state index in [4.69, 9.17) is 14.6 Å². The van der Waals surface area contributed by atoms with Crippen molar-refractivity contribution in [1.82, 2.24) is 10.2 Å². The van der Waals surface area contributed by atoms with E-state index in [1.54, 1.807) is 11.8 Å². The Morgan fingerprint density at radius 2 is 1.71 bits per heavy atom. The Hall–Kier alpha value is -3.39. The van der Waals surface area contributed by atoms with E-state index in [1.165, 1.54) is 0 Å². The molecule has 2 amide bonds. The quantitative estimate of drug-likeness (QED) is 0.681. The lowest BCUT2D eigenvalue weighted by Gasteiger charge is -2.42. The lowest BCUT2D eigenvalue weighted by atomic mass is 9.86. The smallest absolute Gasteiger partial charge is 0.407 e. The van der Waals surface area contributed by atoms with E-state index in [0.29, 0.717) is 26.1 Å². The zero-order valence-electron chi connectivity index (χ0n) is 19.0. The molecule has 2 N–H and O–H groups in total. The lowest BCUT2D eigenvalue weighted by Crippen LogP contribution is -2.59. The first-order chi connectivity index (χ1) is 16.4. The highest BCUT2D eigenvalue weighted by Crippen LogP contribution is 2.44. The highest BCUT2D eigenvalue weighted by Gasteiger charge is 2.44. The number of hydrogen-bond acceptors (Lipinski definition) is 5. The molecule has 0 aromatic heterocycles. The fraction of sp³-hybridized carbons (Fsp3) is 0.423. The molecule has 2 aromatic rings. The van der Waals surface area contributed by atoms with Crippen LogP contribution in [0, 0.1) is 11.8 Å². The van der Waals surface area contributed by atoms with Crippen molar-refractivity contribution >= 4 is 18.0 Å². The maximum Gasteiger partial charge on any atom is 0.407 e. The predicted molar refractivity (Wildman–Crippen MR) is 123 cm³/mol. The van der Waals surface area contributed by atoms with Crippen LogP contribution in [-0.4, -0.2) is 66.4 Å². The molecule has 2 fully saturated rings. The molecule has 2 aromatic carbocycles. The molecule has 0 spiro atoms. The number of nitrogens with one attached hydrogen (secondary N) is 1. The van der Waals surface area contributed by atoms with Gasteiger partial charge in [0.05, 0.1) is 12.0 Å². The van der Waals surface area contributed by atoms with Crippen molar-refractivity contribution in [1.29, 1.82) is 0 Å². The van der Waals surface area contributed by atoms with Gasteiger partial charge in [-0.15, -0.1) is 0 Å². The van der Waals surface area contributed by atoms with E-state index in [0.717, 1.165) is 22.3 Å². The van der Waals surface area contributed by atoms with Gasteiger partial charge in [0.25, 0.3) is 5.91 Å². The minimum atomic E-state index is -0.857. The van der Waals surface area contributed by atoms with Crippen LogP contribution < -0.4 is 5.32 Å². The third-order valence-electron chi connectivity index (χ3n) is 7.30. The Bertz CT molecular complexity index is 1070. The summed E-state index contributed by atoms with van der Waals surface area (Å²) in [6, 6.07) is 15.8. The number of fused-ring (bicyclic) bond motifs is 3. The fourth-order valence-corrected chi connectivity index (χ4v) is 5.16. The normalized spacial score (nSPS) is 22.4. The number of carboxylic acids is 1. The minimum Gasteiger partial charge on any atom is -0.481 e. The van der Waals surface area contributed by atoms with Crippen LogP contribution in [0.5, 0.6) is 0 Å². The summed E-state index contributed by atoms with van der Waals surface area (Å²) in [7, 11) is 0. The van der Waals surface area contributed by atoms with Crippen molar-refractivity contribution < 1.29 is 29.0 Å². The average Bonchev–Trinajstić information content (AvgIpc) is 3.39. The summed E-state index contributed by atoms with van der Waals surface area (Å²) in [6.45, 7) is 3.01. The monoisotopic (exact) mass is 464 g/mol. The Balaban J connectivity index is 1.17. The first-order valence-corrected chi connectivity index (χ1v) is 11.7. The molecule has 0 bridgehead atoms. The number of nitrogens with zero attached hydrogens (tertiary/aromatic N) is 1. The highest BCUT2D eigenvalue weighted by molar-refractivity contribution is 5.84. The molecule has 8 heteroatoms. The third kappa shape index (κ3) is 4.03. The lowest BCUT2D eigenvalue weighted by molar-refractivity contribution is -0.155. The molecule has 2 heterocycles. The Morgan fingerprint density at radius 3 is 2.32 bits per heavy atom. The number of rotatable bonds is 6. The second-order valence-corrected chi connectivity index (χ2v) is 9.29. The second kappa shape index (κ2) is 9.10. The molecular formula is C26H28N2O6. The van der Waals surface area contributed by atoms with Gasteiger partial charge in [-0.05, 0) is 28.7 Å². The molecule has 2 aliphatic heterocycles. The number of carbonyl (C=O) groups excluding carboxylic acids is 2. The number of likely N-dealkylation sites (tertiary alicyclic amines) is 1. The van der Waals surface area contributed by atoms with Crippen LogP contribution in [0.4, 0.5) is 4.79 Å². The first-order valence-electron chi connectivity index (χ1n) is 11.7. The predicted octanol–water partition coefficient (Wildman–Crippen LogP) is 2.86. The van der Waals surface area contributed by atoms with Crippen LogP contribution in [0.2, 0.25) is 0 Å². The fourth-order valence-electron chi connectivity index (χ4n) is 5.16. The maximum atomic E-state index is 12.9. The Morgan fingerprint density at radius 1 is 1.09 bits per heavy atom. The molecule has 8 nitrogen and oxygen atoms in total. The zero-order valence-corrected chi connectivity index (χ0v) is 19.0. The van der Waals surface area contributed by atoms with Gasteiger partial charge in [0.2, 0.25) is 0 Å². The molecule has 3 atom stereocenters. The van der Waals surface area contributed by atoms with Crippen molar-refractivity contribution in [3.8, 4) is 11.1 Å². The van der Waals surface area contributed by atoms with Crippen LogP contribution in [0.25, 0.3) is 11.1 Å². The van der Waals surface area contributed by atoms with Crippen LogP contribution in [0.15, 0.2) is 48.5 Å². The van der Waals surface area contributed by atoms with E-state index in [1.807, 2.05) is 24.3 Å². The molecule has 0 saturated carbocycles. The number of benzene rings is 2. The van der Waals surface area contributed by atoms with Gasteiger partial charge >= 0.3 is 12.1 Å². The van der Waals surface area contributed by atoms with Crippen molar-refractivity contribution in [2.75, 3.05) is 26.3 Å². The largest absolute Gasteiger partial charge is 0.481 e. The zero-order chi connectivity index (χ0) is 23.8. The van der Waals surface area contributed by atoms with Gasteiger partial charge in [-0.3, -0.25) is 9.59 Å². The summed E-state index contributed by atoms with van der Waals surface area (Å²) in [6.07, 6.45) is -0.832. The van der Waals surface area contributed by atoms with Crippen LogP contribution in [-0.2, 0) is 19.1 Å². The van der Waals surface area contributed by atoms with Gasteiger partial charge in [0.15, 0.2) is 6.10 Å².